The minimum Gasteiger partial charge on any atom is -0.478 e. The van der Waals surface area contributed by atoms with Crippen LogP contribution in [0, 0.1) is 0 Å². The Balaban J connectivity index is 2.03. The summed E-state index contributed by atoms with van der Waals surface area (Å²) in [5, 5.41) is 10.1. The van der Waals surface area contributed by atoms with Crippen LogP contribution in [0.15, 0.2) is 53.4 Å². The van der Waals surface area contributed by atoms with E-state index in [0.29, 0.717) is 6.54 Å². The lowest BCUT2D eigenvalue weighted by atomic mass is 10.1. The Morgan fingerprint density at radius 2 is 2.10 bits per heavy atom. The molecule has 0 amide bonds. The second-order valence-corrected chi connectivity index (χ2v) is 5.29. The maximum atomic E-state index is 11.0. The Bertz CT molecular complexity index is 790. The van der Waals surface area contributed by atoms with E-state index in [0.717, 1.165) is 21.1 Å². The van der Waals surface area contributed by atoms with Gasteiger partial charge in [-0.15, -0.1) is 0 Å². The maximum absolute atomic E-state index is 11.0. The Morgan fingerprint density at radius 3 is 2.85 bits per heavy atom. The van der Waals surface area contributed by atoms with Crippen LogP contribution >= 0.6 is 15.9 Å². The Morgan fingerprint density at radius 1 is 1.30 bits per heavy atom. The number of rotatable bonds is 3. The molecule has 2 heterocycles. The molecular weight excluding hydrogens is 320 g/mol. The summed E-state index contributed by atoms with van der Waals surface area (Å²) in [5.41, 5.74) is 2.26. The minimum atomic E-state index is -0.930. The maximum Gasteiger partial charge on any atom is 0.337 e. The fourth-order valence-corrected chi connectivity index (χ4v) is 2.67. The van der Waals surface area contributed by atoms with Gasteiger partial charge in [-0.1, -0.05) is 24.3 Å². The lowest BCUT2D eigenvalue weighted by Gasteiger charge is -2.08. The first-order valence-electron chi connectivity index (χ1n) is 6.07. The van der Waals surface area contributed by atoms with Crippen molar-refractivity contribution in [3.05, 3.63) is 64.5 Å². The summed E-state index contributed by atoms with van der Waals surface area (Å²) >= 11 is 3.39. The summed E-state index contributed by atoms with van der Waals surface area (Å²) in [6.45, 7) is 0.572. The molecule has 2 aromatic heterocycles. The Labute approximate surface area is 123 Å². The molecule has 0 bridgehead atoms. The molecular formula is C15H11BrN2O2. The average molecular weight is 331 g/mol. The molecule has 0 saturated carbocycles. The normalized spacial score (nSPS) is 10.8. The number of para-hydroxylation sites is 1. The topological polar surface area (TPSA) is 55.1 Å². The van der Waals surface area contributed by atoms with Crippen LogP contribution in [0.2, 0.25) is 0 Å². The molecule has 0 aliphatic heterocycles. The van der Waals surface area contributed by atoms with Gasteiger partial charge in [-0.05, 0) is 33.6 Å². The van der Waals surface area contributed by atoms with E-state index in [9.17, 15) is 4.79 Å². The highest BCUT2D eigenvalue weighted by Crippen LogP contribution is 2.21. The highest BCUT2D eigenvalue weighted by molar-refractivity contribution is 9.10. The number of benzene rings is 1. The molecule has 100 valence electrons. The highest BCUT2D eigenvalue weighted by Gasteiger charge is 2.10. The van der Waals surface area contributed by atoms with Gasteiger partial charge in [0.1, 0.15) is 0 Å². The molecule has 0 fully saturated rings. The van der Waals surface area contributed by atoms with Gasteiger partial charge in [0.25, 0.3) is 0 Å². The largest absolute Gasteiger partial charge is 0.478 e. The first kappa shape index (κ1) is 12.9. The number of aromatic nitrogens is 2. The number of pyridine rings is 1. The number of carboxylic acid groups (broad SMARTS) is 1. The van der Waals surface area contributed by atoms with Crippen LogP contribution in [-0.4, -0.2) is 20.6 Å². The monoisotopic (exact) mass is 330 g/mol. The summed E-state index contributed by atoms with van der Waals surface area (Å²) < 4.78 is 2.59. The van der Waals surface area contributed by atoms with E-state index in [-0.39, 0.29) is 5.56 Å². The molecule has 3 aromatic rings. The van der Waals surface area contributed by atoms with E-state index >= 15 is 0 Å². The molecule has 0 aliphatic carbocycles. The summed E-state index contributed by atoms with van der Waals surface area (Å²) in [5.74, 6) is -0.930. The molecule has 4 nitrogen and oxygen atoms in total. The van der Waals surface area contributed by atoms with Crippen LogP contribution in [0.1, 0.15) is 15.9 Å². The minimum absolute atomic E-state index is 0.269. The standard InChI is InChI=1S/C15H11BrN2O2/c16-13-7-12(15(19)20)9-18(13)8-11-4-1-3-10-5-2-6-17-14(10)11/h1-7,9H,8H2,(H,19,20). The van der Waals surface area contributed by atoms with Crippen LogP contribution in [0.5, 0.6) is 0 Å². The molecule has 1 aromatic carbocycles. The van der Waals surface area contributed by atoms with Crippen LogP contribution in [-0.2, 0) is 6.54 Å². The van der Waals surface area contributed by atoms with E-state index < -0.39 is 5.97 Å². The first-order valence-corrected chi connectivity index (χ1v) is 6.86. The fourth-order valence-electron chi connectivity index (χ4n) is 2.19. The number of carboxylic acids is 1. The van der Waals surface area contributed by atoms with Crippen molar-refractivity contribution in [3.8, 4) is 0 Å². The molecule has 0 spiro atoms. The van der Waals surface area contributed by atoms with Crippen molar-refractivity contribution in [2.75, 3.05) is 0 Å². The third kappa shape index (κ3) is 2.32. The van der Waals surface area contributed by atoms with Gasteiger partial charge < -0.3 is 9.67 Å². The molecule has 1 N–H and O–H groups in total. The van der Waals surface area contributed by atoms with Crippen LogP contribution in [0.3, 0.4) is 0 Å². The van der Waals surface area contributed by atoms with Gasteiger partial charge in [0.05, 0.1) is 22.2 Å². The molecule has 3 rings (SSSR count). The predicted octanol–water partition coefficient (Wildman–Crippen LogP) is 3.55. The van der Waals surface area contributed by atoms with Gasteiger partial charge in [-0.25, -0.2) is 4.79 Å². The van der Waals surface area contributed by atoms with Crippen molar-refractivity contribution >= 4 is 32.8 Å². The van der Waals surface area contributed by atoms with Gasteiger partial charge in [0.2, 0.25) is 0 Å². The first-order chi connectivity index (χ1) is 9.65. The number of carbonyl (C=O) groups is 1. The fraction of sp³-hybridized carbons (Fsp3) is 0.0667. The van der Waals surface area contributed by atoms with Gasteiger partial charge in [0.15, 0.2) is 0 Å². The number of hydrogen-bond acceptors (Lipinski definition) is 2. The summed E-state index contributed by atoms with van der Waals surface area (Å²) in [6, 6.07) is 11.5. The number of nitrogens with zero attached hydrogens (tertiary/aromatic N) is 2. The van der Waals surface area contributed by atoms with E-state index in [2.05, 4.69) is 20.9 Å². The van der Waals surface area contributed by atoms with Crippen LogP contribution in [0.25, 0.3) is 10.9 Å². The number of halogens is 1. The SMILES string of the molecule is O=C(O)c1cc(Br)n(Cc2cccc3cccnc23)c1. The zero-order chi connectivity index (χ0) is 14.1. The zero-order valence-corrected chi connectivity index (χ0v) is 12.0. The number of fused-ring (bicyclic) bond motifs is 1. The average Bonchev–Trinajstić information content (AvgIpc) is 2.81. The van der Waals surface area contributed by atoms with Gasteiger partial charge in [0, 0.05) is 17.8 Å². The summed E-state index contributed by atoms with van der Waals surface area (Å²) in [7, 11) is 0. The van der Waals surface area contributed by atoms with Crippen molar-refractivity contribution in [2.45, 2.75) is 6.54 Å². The van der Waals surface area contributed by atoms with Crippen LogP contribution < -0.4 is 0 Å². The lowest BCUT2D eigenvalue weighted by molar-refractivity contribution is 0.0697. The second-order valence-electron chi connectivity index (χ2n) is 4.48. The quantitative estimate of drug-likeness (QED) is 0.799. The number of aromatic carboxylic acids is 1. The van der Waals surface area contributed by atoms with Gasteiger partial charge >= 0.3 is 5.97 Å². The van der Waals surface area contributed by atoms with E-state index in [1.54, 1.807) is 18.5 Å². The van der Waals surface area contributed by atoms with Crippen molar-refractivity contribution in [1.82, 2.24) is 9.55 Å². The van der Waals surface area contributed by atoms with Crippen molar-refractivity contribution in [3.63, 3.8) is 0 Å². The smallest absolute Gasteiger partial charge is 0.337 e. The summed E-state index contributed by atoms with van der Waals surface area (Å²) in [4.78, 5) is 15.4. The van der Waals surface area contributed by atoms with Gasteiger partial charge in [-0.3, -0.25) is 4.98 Å². The molecule has 0 aliphatic rings. The van der Waals surface area contributed by atoms with Crippen molar-refractivity contribution in [2.24, 2.45) is 0 Å². The highest BCUT2D eigenvalue weighted by atomic mass is 79.9. The number of hydrogen-bond donors (Lipinski definition) is 1. The van der Waals surface area contributed by atoms with E-state index in [1.165, 1.54) is 0 Å². The van der Waals surface area contributed by atoms with E-state index in [1.807, 2.05) is 34.9 Å². The summed E-state index contributed by atoms with van der Waals surface area (Å²) in [6.07, 6.45) is 3.38. The predicted molar refractivity (Wildman–Crippen MR) is 79.9 cm³/mol. The third-order valence-electron chi connectivity index (χ3n) is 3.15. The molecule has 0 radical (unpaired) electrons. The van der Waals surface area contributed by atoms with Crippen molar-refractivity contribution < 1.29 is 9.90 Å². The Hall–Kier alpha value is -2.14. The molecule has 20 heavy (non-hydrogen) atoms. The lowest BCUT2D eigenvalue weighted by Crippen LogP contribution is -2.00. The van der Waals surface area contributed by atoms with E-state index in [4.69, 9.17) is 5.11 Å². The van der Waals surface area contributed by atoms with Crippen molar-refractivity contribution in [1.29, 1.82) is 0 Å². The molecule has 0 atom stereocenters. The molecule has 5 heteroatoms. The molecule has 0 unspecified atom stereocenters. The Kier molecular flexibility index (Phi) is 3.28. The zero-order valence-electron chi connectivity index (χ0n) is 10.5. The molecule has 0 saturated heterocycles. The van der Waals surface area contributed by atoms with Crippen LogP contribution in [0.4, 0.5) is 0 Å². The second kappa shape index (κ2) is 5.09. The third-order valence-corrected chi connectivity index (χ3v) is 3.83. The van der Waals surface area contributed by atoms with Gasteiger partial charge in [-0.2, -0.15) is 0 Å².